The second-order valence-corrected chi connectivity index (χ2v) is 5.52. The standard InChI is InChI=1S/C11H12Br2N2O/c12-7-3-1-4-8(13)10(7)15-6-2-5-9(14)11(15)16/h1,3-4,9H,2,5-6,14H2. The first-order valence-electron chi connectivity index (χ1n) is 5.12. The molecular weight excluding hydrogens is 336 g/mol. The Morgan fingerprint density at radius 1 is 1.31 bits per heavy atom. The van der Waals surface area contributed by atoms with E-state index in [-0.39, 0.29) is 11.9 Å². The Hall–Kier alpha value is -0.390. The lowest BCUT2D eigenvalue weighted by atomic mass is 10.1. The maximum atomic E-state index is 12.0. The molecule has 16 heavy (non-hydrogen) atoms. The van der Waals surface area contributed by atoms with E-state index < -0.39 is 0 Å². The summed E-state index contributed by atoms with van der Waals surface area (Å²) in [5.41, 5.74) is 6.66. The summed E-state index contributed by atoms with van der Waals surface area (Å²) in [6.07, 6.45) is 1.72. The molecule has 1 heterocycles. The quantitative estimate of drug-likeness (QED) is 0.848. The van der Waals surface area contributed by atoms with Gasteiger partial charge in [-0.25, -0.2) is 0 Å². The van der Waals surface area contributed by atoms with E-state index in [1.807, 2.05) is 18.2 Å². The number of rotatable bonds is 1. The highest BCUT2D eigenvalue weighted by Gasteiger charge is 2.28. The van der Waals surface area contributed by atoms with Gasteiger partial charge in [-0.1, -0.05) is 6.07 Å². The van der Waals surface area contributed by atoms with Crippen LogP contribution in [0.2, 0.25) is 0 Å². The molecule has 0 aliphatic carbocycles. The van der Waals surface area contributed by atoms with Crippen LogP contribution in [0.5, 0.6) is 0 Å². The molecule has 1 aromatic carbocycles. The van der Waals surface area contributed by atoms with Crippen molar-refractivity contribution in [2.75, 3.05) is 11.4 Å². The lowest BCUT2D eigenvalue weighted by Gasteiger charge is -2.31. The van der Waals surface area contributed by atoms with E-state index in [4.69, 9.17) is 5.73 Å². The molecule has 1 aliphatic heterocycles. The van der Waals surface area contributed by atoms with Crippen molar-refractivity contribution in [2.24, 2.45) is 5.73 Å². The van der Waals surface area contributed by atoms with Crippen LogP contribution in [0.25, 0.3) is 0 Å². The average Bonchev–Trinajstić information content (AvgIpc) is 2.24. The number of anilines is 1. The first kappa shape index (κ1) is 12.1. The van der Waals surface area contributed by atoms with E-state index >= 15 is 0 Å². The van der Waals surface area contributed by atoms with Gasteiger partial charge in [0.2, 0.25) is 5.91 Å². The zero-order valence-corrected chi connectivity index (χ0v) is 11.8. The zero-order valence-electron chi connectivity index (χ0n) is 8.62. The van der Waals surface area contributed by atoms with Crippen LogP contribution in [0.3, 0.4) is 0 Å². The number of hydrogen-bond donors (Lipinski definition) is 1. The topological polar surface area (TPSA) is 46.3 Å². The summed E-state index contributed by atoms with van der Waals surface area (Å²) in [4.78, 5) is 13.7. The molecule has 1 unspecified atom stereocenters. The summed E-state index contributed by atoms with van der Waals surface area (Å²) >= 11 is 6.93. The molecule has 2 N–H and O–H groups in total. The van der Waals surface area contributed by atoms with E-state index in [2.05, 4.69) is 31.9 Å². The van der Waals surface area contributed by atoms with Crippen LogP contribution in [0.15, 0.2) is 27.1 Å². The Labute approximate surface area is 111 Å². The smallest absolute Gasteiger partial charge is 0.243 e. The summed E-state index contributed by atoms with van der Waals surface area (Å²) in [7, 11) is 0. The normalized spacial score (nSPS) is 21.3. The van der Waals surface area contributed by atoms with Gasteiger partial charge < -0.3 is 10.6 Å². The third kappa shape index (κ3) is 2.17. The highest BCUT2D eigenvalue weighted by atomic mass is 79.9. The van der Waals surface area contributed by atoms with Gasteiger partial charge in [-0.15, -0.1) is 0 Å². The van der Waals surface area contributed by atoms with Crippen LogP contribution in [-0.4, -0.2) is 18.5 Å². The van der Waals surface area contributed by atoms with Gasteiger partial charge in [0.25, 0.3) is 0 Å². The average molecular weight is 348 g/mol. The molecular formula is C11H12Br2N2O. The summed E-state index contributed by atoms with van der Waals surface area (Å²) in [6, 6.07) is 5.40. The van der Waals surface area contributed by atoms with Crippen LogP contribution in [0.4, 0.5) is 5.69 Å². The van der Waals surface area contributed by atoms with Gasteiger partial charge in [0.15, 0.2) is 0 Å². The molecule has 0 bridgehead atoms. The van der Waals surface area contributed by atoms with Crippen LogP contribution >= 0.6 is 31.9 Å². The SMILES string of the molecule is NC1CCCN(c2c(Br)cccc2Br)C1=O. The Kier molecular flexibility index (Phi) is 3.66. The minimum absolute atomic E-state index is 0.00106. The molecule has 86 valence electrons. The van der Waals surface area contributed by atoms with Crippen LogP contribution in [-0.2, 0) is 4.79 Å². The Morgan fingerprint density at radius 2 is 1.94 bits per heavy atom. The number of nitrogens with two attached hydrogens (primary N) is 1. The van der Waals surface area contributed by atoms with Crippen LogP contribution in [0.1, 0.15) is 12.8 Å². The predicted molar refractivity (Wildman–Crippen MR) is 71.4 cm³/mol. The summed E-state index contributed by atoms with van der Waals surface area (Å²) < 4.78 is 1.81. The van der Waals surface area contributed by atoms with E-state index in [0.29, 0.717) is 0 Å². The second-order valence-electron chi connectivity index (χ2n) is 3.81. The number of hydrogen-bond acceptors (Lipinski definition) is 2. The number of carbonyl (C=O) groups is 1. The molecule has 0 radical (unpaired) electrons. The maximum absolute atomic E-state index is 12.0. The first-order valence-corrected chi connectivity index (χ1v) is 6.71. The molecule has 1 aromatic rings. The molecule has 0 aromatic heterocycles. The third-order valence-electron chi connectivity index (χ3n) is 2.69. The first-order chi connectivity index (χ1) is 7.61. The number of nitrogens with zero attached hydrogens (tertiary/aromatic N) is 1. The van der Waals surface area contributed by atoms with Gasteiger partial charge >= 0.3 is 0 Å². The van der Waals surface area contributed by atoms with E-state index in [1.165, 1.54) is 0 Å². The van der Waals surface area contributed by atoms with Gasteiger partial charge in [0.1, 0.15) is 0 Å². The van der Waals surface area contributed by atoms with Crippen molar-refractivity contribution in [1.29, 1.82) is 0 Å². The summed E-state index contributed by atoms with van der Waals surface area (Å²) in [6.45, 7) is 0.730. The van der Waals surface area contributed by atoms with E-state index in [0.717, 1.165) is 34.0 Å². The fraction of sp³-hybridized carbons (Fsp3) is 0.364. The predicted octanol–water partition coefficient (Wildman–Crippen LogP) is 2.67. The molecule has 1 amide bonds. The van der Waals surface area contributed by atoms with Gasteiger partial charge in [-0.05, 0) is 56.8 Å². The monoisotopic (exact) mass is 346 g/mol. The van der Waals surface area contributed by atoms with Gasteiger partial charge in [-0.3, -0.25) is 4.79 Å². The van der Waals surface area contributed by atoms with Crippen LogP contribution < -0.4 is 10.6 Å². The number of halogens is 2. The number of piperidine rings is 1. The molecule has 5 heteroatoms. The molecule has 1 atom stereocenters. The highest BCUT2D eigenvalue weighted by molar-refractivity contribution is 9.11. The number of benzene rings is 1. The van der Waals surface area contributed by atoms with Crippen molar-refractivity contribution >= 4 is 43.5 Å². The van der Waals surface area contributed by atoms with Crippen molar-refractivity contribution in [3.8, 4) is 0 Å². The minimum Gasteiger partial charge on any atom is -0.320 e. The van der Waals surface area contributed by atoms with Crippen molar-refractivity contribution in [3.63, 3.8) is 0 Å². The molecule has 1 saturated heterocycles. The van der Waals surface area contributed by atoms with Gasteiger partial charge in [0, 0.05) is 15.5 Å². The Balaban J connectivity index is 2.40. The van der Waals surface area contributed by atoms with Crippen molar-refractivity contribution in [1.82, 2.24) is 0 Å². The zero-order chi connectivity index (χ0) is 11.7. The van der Waals surface area contributed by atoms with E-state index in [9.17, 15) is 4.79 Å². The largest absolute Gasteiger partial charge is 0.320 e. The molecule has 0 saturated carbocycles. The lowest BCUT2D eigenvalue weighted by Crippen LogP contribution is -2.48. The molecule has 1 aliphatic rings. The van der Waals surface area contributed by atoms with Crippen molar-refractivity contribution < 1.29 is 4.79 Å². The fourth-order valence-corrected chi connectivity index (χ4v) is 3.30. The summed E-state index contributed by atoms with van der Waals surface area (Å²) in [5.74, 6) is -0.00106. The minimum atomic E-state index is -0.368. The number of amides is 1. The third-order valence-corrected chi connectivity index (χ3v) is 3.97. The van der Waals surface area contributed by atoms with Gasteiger partial charge in [0.05, 0.1) is 11.7 Å². The fourth-order valence-electron chi connectivity index (χ4n) is 1.87. The molecule has 2 rings (SSSR count). The van der Waals surface area contributed by atoms with Crippen LogP contribution in [0, 0.1) is 0 Å². The Bertz CT molecular complexity index is 402. The van der Waals surface area contributed by atoms with Crippen molar-refractivity contribution in [3.05, 3.63) is 27.1 Å². The molecule has 0 spiro atoms. The van der Waals surface area contributed by atoms with Crippen molar-refractivity contribution in [2.45, 2.75) is 18.9 Å². The Morgan fingerprint density at radius 3 is 2.56 bits per heavy atom. The van der Waals surface area contributed by atoms with E-state index in [1.54, 1.807) is 4.90 Å². The summed E-state index contributed by atoms with van der Waals surface area (Å²) in [5, 5.41) is 0. The maximum Gasteiger partial charge on any atom is 0.243 e. The lowest BCUT2D eigenvalue weighted by molar-refractivity contribution is -0.120. The highest BCUT2D eigenvalue weighted by Crippen LogP contribution is 2.35. The molecule has 1 fully saturated rings. The molecule has 3 nitrogen and oxygen atoms in total. The van der Waals surface area contributed by atoms with Gasteiger partial charge in [-0.2, -0.15) is 0 Å². The number of carbonyl (C=O) groups excluding carboxylic acids is 1. The number of para-hydroxylation sites is 1. The second kappa shape index (κ2) is 4.85.